The minimum atomic E-state index is -0.473. The molecule has 0 amide bonds. The smallest absolute Gasteiger partial charge is 0.372 e. The first-order valence-electron chi connectivity index (χ1n) is 8.01. The van der Waals surface area contributed by atoms with E-state index in [1.807, 2.05) is 13.8 Å². The number of unbranched alkanes of at least 4 members (excludes halogenated alkanes) is 1. The van der Waals surface area contributed by atoms with Crippen LogP contribution < -0.4 is 10.1 Å². The molecule has 7 nitrogen and oxygen atoms in total. The molecule has 0 aromatic carbocycles. The molecule has 0 aliphatic rings. The Hall–Kier alpha value is -1.92. The molecule has 1 N–H and O–H groups in total. The molecule has 0 atom stereocenters. The second-order valence-corrected chi connectivity index (χ2v) is 5.09. The van der Waals surface area contributed by atoms with Crippen LogP contribution in [-0.2, 0) is 6.42 Å². The fourth-order valence-corrected chi connectivity index (χ4v) is 2.11. The molecule has 1 heterocycles. The van der Waals surface area contributed by atoms with Gasteiger partial charge in [0, 0.05) is 12.5 Å². The Morgan fingerprint density at radius 2 is 1.91 bits per heavy atom. The van der Waals surface area contributed by atoms with Crippen molar-refractivity contribution in [1.29, 1.82) is 0 Å². The Labute approximate surface area is 131 Å². The Morgan fingerprint density at radius 3 is 2.41 bits per heavy atom. The minimum Gasteiger partial charge on any atom is -0.473 e. The van der Waals surface area contributed by atoms with Crippen molar-refractivity contribution < 1.29 is 9.66 Å². The summed E-state index contributed by atoms with van der Waals surface area (Å²) in [5.74, 6) is 0.912. The van der Waals surface area contributed by atoms with Gasteiger partial charge in [-0.25, -0.2) is 4.98 Å². The van der Waals surface area contributed by atoms with Crippen molar-refractivity contribution in [3.63, 3.8) is 0 Å². The van der Waals surface area contributed by atoms with Crippen LogP contribution in [0.2, 0.25) is 0 Å². The second kappa shape index (κ2) is 9.17. The summed E-state index contributed by atoms with van der Waals surface area (Å²) in [5.41, 5.74) is -0.172. The first kappa shape index (κ1) is 18.1. The fraction of sp³-hybridized carbons (Fsp3) is 0.733. The zero-order chi connectivity index (χ0) is 16.5. The molecular weight excluding hydrogens is 284 g/mol. The highest BCUT2D eigenvalue weighted by Crippen LogP contribution is 2.33. The van der Waals surface area contributed by atoms with E-state index < -0.39 is 4.92 Å². The van der Waals surface area contributed by atoms with E-state index in [0.717, 1.165) is 25.7 Å². The molecule has 0 radical (unpaired) electrons. The number of nitrogens with zero attached hydrogens (tertiary/aromatic N) is 3. The molecule has 0 saturated heterocycles. The quantitative estimate of drug-likeness (QED) is 0.523. The number of aromatic nitrogens is 2. The highest BCUT2D eigenvalue weighted by Gasteiger charge is 2.27. The largest absolute Gasteiger partial charge is 0.473 e. The molecule has 1 aromatic heterocycles. The molecule has 22 heavy (non-hydrogen) atoms. The second-order valence-electron chi connectivity index (χ2n) is 5.09. The topological polar surface area (TPSA) is 90.2 Å². The van der Waals surface area contributed by atoms with Crippen molar-refractivity contribution in [1.82, 2.24) is 9.97 Å². The van der Waals surface area contributed by atoms with Gasteiger partial charge < -0.3 is 10.1 Å². The lowest BCUT2D eigenvalue weighted by molar-refractivity contribution is -0.385. The van der Waals surface area contributed by atoms with Crippen LogP contribution in [0.25, 0.3) is 0 Å². The third-order valence-electron chi connectivity index (χ3n) is 3.44. The van der Waals surface area contributed by atoms with Gasteiger partial charge in [0.25, 0.3) is 5.88 Å². The number of rotatable bonds is 10. The van der Waals surface area contributed by atoms with Crippen molar-refractivity contribution >= 4 is 11.5 Å². The molecule has 0 spiro atoms. The van der Waals surface area contributed by atoms with Crippen molar-refractivity contribution in [2.24, 2.45) is 0 Å². The molecule has 1 rings (SSSR count). The first-order valence-corrected chi connectivity index (χ1v) is 8.01. The summed E-state index contributed by atoms with van der Waals surface area (Å²) in [5, 5.41) is 14.6. The van der Waals surface area contributed by atoms with Crippen molar-refractivity contribution in [3.05, 3.63) is 15.9 Å². The predicted octanol–water partition coefficient (Wildman–Crippen LogP) is 3.73. The Morgan fingerprint density at radius 1 is 1.23 bits per heavy atom. The van der Waals surface area contributed by atoms with Crippen LogP contribution in [-0.4, -0.2) is 27.5 Å². The van der Waals surface area contributed by atoms with E-state index in [9.17, 15) is 10.1 Å². The highest BCUT2D eigenvalue weighted by atomic mass is 16.6. The van der Waals surface area contributed by atoms with Gasteiger partial charge in [-0.05, 0) is 26.2 Å². The normalized spacial score (nSPS) is 10.8. The Bertz CT molecular complexity index is 490. The van der Waals surface area contributed by atoms with Gasteiger partial charge in [0.1, 0.15) is 5.82 Å². The van der Waals surface area contributed by atoms with E-state index in [0.29, 0.717) is 18.9 Å². The molecule has 0 unspecified atom stereocenters. The van der Waals surface area contributed by atoms with Gasteiger partial charge in [-0.2, -0.15) is 4.98 Å². The standard InChI is InChI=1S/C15H26N4O3/c1-5-9-10-12-17-14(16-11(6-2)7-3)13(19(20)21)15(18-12)22-8-4/h11H,5-10H2,1-4H3,(H,16,17,18). The van der Waals surface area contributed by atoms with Crippen LogP contribution in [0.5, 0.6) is 5.88 Å². The molecule has 124 valence electrons. The molecule has 0 bridgehead atoms. The molecule has 1 aromatic rings. The van der Waals surface area contributed by atoms with Gasteiger partial charge in [-0.1, -0.05) is 27.2 Å². The third kappa shape index (κ3) is 4.82. The third-order valence-corrected chi connectivity index (χ3v) is 3.44. The average molecular weight is 310 g/mol. The zero-order valence-corrected chi connectivity index (χ0v) is 13.9. The van der Waals surface area contributed by atoms with E-state index in [-0.39, 0.29) is 23.4 Å². The molecule has 0 saturated carbocycles. The van der Waals surface area contributed by atoms with Crippen LogP contribution >= 0.6 is 0 Å². The number of aryl methyl sites for hydroxylation is 1. The molecule has 0 aliphatic heterocycles. The van der Waals surface area contributed by atoms with Gasteiger partial charge in [-0.3, -0.25) is 10.1 Å². The van der Waals surface area contributed by atoms with Gasteiger partial charge in [0.15, 0.2) is 0 Å². The van der Waals surface area contributed by atoms with Crippen molar-refractivity contribution in [2.75, 3.05) is 11.9 Å². The lowest BCUT2D eigenvalue weighted by Crippen LogP contribution is -2.20. The maximum atomic E-state index is 11.4. The summed E-state index contributed by atoms with van der Waals surface area (Å²) in [4.78, 5) is 19.5. The van der Waals surface area contributed by atoms with Crippen LogP contribution in [0.4, 0.5) is 11.5 Å². The van der Waals surface area contributed by atoms with Gasteiger partial charge in [0.05, 0.1) is 11.5 Å². The minimum absolute atomic E-state index is 0.0575. The molecule has 0 aliphatic carbocycles. The van der Waals surface area contributed by atoms with Crippen LogP contribution in [0.1, 0.15) is 59.2 Å². The summed E-state index contributed by atoms with van der Waals surface area (Å²) < 4.78 is 5.38. The highest BCUT2D eigenvalue weighted by molar-refractivity contribution is 5.62. The summed E-state index contributed by atoms with van der Waals surface area (Å²) in [6.07, 6.45) is 4.37. The SMILES string of the molecule is CCCCc1nc(NC(CC)CC)c([N+](=O)[O-])c(OCC)n1. The number of hydrogen-bond donors (Lipinski definition) is 1. The summed E-state index contributed by atoms with van der Waals surface area (Å²) in [7, 11) is 0. The van der Waals surface area contributed by atoms with E-state index in [1.54, 1.807) is 6.92 Å². The number of hydrogen-bond acceptors (Lipinski definition) is 6. The number of ether oxygens (including phenoxy) is 1. The Kier molecular flexibility index (Phi) is 7.56. The summed E-state index contributed by atoms with van der Waals surface area (Å²) in [6, 6.07) is 0.141. The van der Waals surface area contributed by atoms with E-state index in [2.05, 4.69) is 22.2 Å². The molecule has 7 heteroatoms. The van der Waals surface area contributed by atoms with Crippen molar-refractivity contribution in [3.8, 4) is 5.88 Å². The van der Waals surface area contributed by atoms with Crippen LogP contribution in [0.15, 0.2) is 0 Å². The first-order chi connectivity index (χ1) is 10.6. The molecular formula is C15H26N4O3. The van der Waals surface area contributed by atoms with E-state index in [1.165, 1.54) is 0 Å². The van der Waals surface area contributed by atoms with E-state index in [4.69, 9.17) is 4.74 Å². The summed E-state index contributed by atoms with van der Waals surface area (Å²) >= 11 is 0. The predicted molar refractivity (Wildman–Crippen MR) is 86.5 cm³/mol. The van der Waals surface area contributed by atoms with Crippen molar-refractivity contribution in [2.45, 2.75) is 65.8 Å². The van der Waals surface area contributed by atoms with Gasteiger partial charge in [-0.15, -0.1) is 0 Å². The fourth-order valence-electron chi connectivity index (χ4n) is 2.11. The van der Waals surface area contributed by atoms with Gasteiger partial charge >= 0.3 is 5.69 Å². The Balaban J connectivity index is 3.26. The maximum Gasteiger partial charge on any atom is 0.372 e. The lowest BCUT2D eigenvalue weighted by Gasteiger charge is -2.17. The van der Waals surface area contributed by atoms with E-state index >= 15 is 0 Å². The zero-order valence-electron chi connectivity index (χ0n) is 13.9. The monoisotopic (exact) mass is 310 g/mol. The van der Waals surface area contributed by atoms with Crippen LogP contribution in [0, 0.1) is 10.1 Å². The molecule has 0 fully saturated rings. The van der Waals surface area contributed by atoms with Crippen LogP contribution in [0.3, 0.4) is 0 Å². The lowest BCUT2D eigenvalue weighted by atomic mass is 10.1. The average Bonchev–Trinajstić information content (AvgIpc) is 2.50. The number of anilines is 1. The number of nitro groups is 1. The maximum absolute atomic E-state index is 11.4. The number of nitrogens with one attached hydrogen (secondary N) is 1. The summed E-state index contributed by atoms with van der Waals surface area (Å²) in [6.45, 7) is 8.27. The van der Waals surface area contributed by atoms with Gasteiger partial charge in [0.2, 0.25) is 5.82 Å².